The van der Waals surface area contributed by atoms with Crippen LogP contribution >= 0.6 is 0 Å². The lowest BCUT2D eigenvalue weighted by Crippen LogP contribution is -2.28. The first-order valence-corrected chi connectivity index (χ1v) is 9.89. The molecule has 0 saturated heterocycles. The predicted molar refractivity (Wildman–Crippen MR) is 111 cm³/mol. The number of tetrazole rings is 1. The van der Waals surface area contributed by atoms with E-state index in [-0.39, 0.29) is 5.91 Å². The maximum atomic E-state index is 12.3. The van der Waals surface area contributed by atoms with Gasteiger partial charge in [-0.25, -0.2) is 0 Å². The van der Waals surface area contributed by atoms with Crippen LogP contribution in [0.1, 0.15) is 24.8 Å². The van der Waals surface area contributed by atoms with Crippen molar-refractivity contribution >= 4 is 5.91 Å². The van der Waals surface area contributed by atoms with Crippen LogP contribution in [0.25, 0.3) is 11.4 Å². The number of nitrogens with zero attached hydrogens (tertiary/aromatic N) is 5. The summed E-state index contributed by atoms with van der Waals surface area (Å²) in [5.74, 6) is 1.61. The molecule has 0 atom stereocenters. The molecule has 7 heteroatoms. The van der Waals surface area contributed by atoms with Crippen molar-refractivity contribution in [1.82, 2.24) is 25.1 Å². The van der Waals surface area contributed by atoms with Gasteiger partial charge in [0.2, 0.25) is 11.7 Å². The normalized spacial score (nSPS) is 10.7. The molecule has 3 rings (SSSR count). The maximum absolute atomic E-state index is 12.3. The second-order valence-corrected chi connectivity index (χ2v) is 6.96. The van der Waals surface area contributed by atoms with E-state index in [0.717, 1.165) is 23.3 Å². The molecule has 1 amide bonds. The van der Waals surface area contributed by atoms with Crippen LogP contribution in [0, 0.1) is 6.92 Å². The Morgan fingerprint density at radius 3 is 2.62 bits per heavy atom. The molecule has 0 radical (unpaired) electrons. The number of amides is 1. The first-order valence-electron chi connectivity index (χ1n) is 9.89. The van der Waals surface area contributed by atoms with Crippen molar-refractivity contribution in [3.8, 4) is 17.1 Å². The molecule has 152 valence electrons. The molecular weight excluding hydrogens is 366 g/mol. The first-order chi connectivity index (χ1) is 14.1. The molecule has 0 aliphatic rings. The summed E-state index contributed by atoms with van der Waals surface area (Å²) in [7, 11) is 1.83. The van der Waals surface area contributed by atoms with Crippen LogP contribution < -0.4 is 4.74 Å². The number of benzene rings is 2. The number of aryl methyl sites for hydroxylation is 2. The third kappa shape index (κ3) is 6.14. The summed E-state index contributed by atoms with van der Waals surface area (Å²) in [6, 6.07) is 17.7. The van der Waals surface area contributed by atoms with Gasteiger partial charge in [-0.15, -0.1) is 10.2 Å². The lowest BCUT2D eigenvalue weighted by molar-refractivity contribution is -0.130. The average molecular weight is 393 g/mol. The standard InChI is InChI=1S/C22H27N5O2/c1-18-10-6-7-13-20(18)29-17-9-15-26(2)21(28)14-8-16-27-24-22(23-25-27)19-11-4-3-5-12-19/h3-7,10-13H,8-9,14-17H2,1-2H3. The SMILES string of the molecule is Cc1ccccc1OCCCN(C)C(=O)CCCn1nnc(-c2ccccc2)n1. The van der Waals surface area contributed by atoms with Crippen molar-refractivity contribution < 1.29 is 9.53 Å². The van der Waals surface area contributed by atoms with Gasteiger partial charge >= 0.3 is 0 Å². The van der Waals surface area contributed by atoms with Gasteiger partial charge in [0.15, 0.2) is 0 Å². The molecule has 2 aromatic carbocycles. The fraction of sp³-hybridized carbons (Fsp3) is 0.364. The molecule has 0 spiro atoms. The molecule has 0 unspecified atom stereocenters. The molecule has 0 saturated carbocycles. The predicted octanol–water partition coefficient (Wildman–Crippen LogP) is 3.36. The van der Waals surface area contributed by atoms with Gasteiger partial charge in [-0.1, -0.05) is 48.5 Å². The van der Waals surface area contributed by atoms with Gasteiger partial charge in [-0.05, 0) is 36.6 Å². The van der Waals surface area contributed by atoms with E-state index in [4.69, 9.17) is 4.74 Å². The molecule has 1 aromatic heterocycles. The molecule has 3 aromatic rings. The number of ether oxygens (including phenoxy) is 1. The topological polar surface area (TPSA) is 73.1 Å². The van der Waals surface area contributed by atoms with Crippen LogP contribution in [-0.2, 0) is 11.3 Å². The van der Waals surface area contributed by atoms with Crippen molar-refractivity contribution in [2.75, 3.05) is 20.2 Å². The van der Waals surface area contributed by atoms with Crippen molar-refractivity contribution in [1.29, 1.82) is 0 Å². The third-order valence-electron chi connectivity index (χ3n) is 4.65. The van der Waals surface area contributed by atoms with E-state index in [2.05, 4.69) is 15.4 Å². The minimum absolute atomic E-state index is 0.115. The molecule has 0 bridgehead atoms. The van der Waals surface area contributed by atoms with E-state index < -0.39 is 0 Å². The van der Waals surface area contributed by atoms with Crippen LogP contribution in [0.2, 0.25) is 0 Å². The Labute approximate surface area is 171 Å². The summed E-state index contributed by atoms with van der Waals surface area (Å²) in [4.78, 5) is 15.6. The summed E-state index contributed by atoms with van der Waals surface area (Å²) in [5, 5.41) is 12.5. The molecule has 0 N–H and O–H groups in total. The number of hydrogen-bond donors (Lipinski definition) is 0. The van der Waals surface area contributed by atoms with Crippen LogP contribution in [0.4, 0.5) is 0 Å². The molecule has 7 nitrogen and oxygen atoms in total. The Hall–Kier alpha value is -3.22. The van der Waals surface area contributed by atoms with Gasteiger partial charge in [0.1, 0.15) is 5.75 Å². The Morgan fingerprint density at radius 2 is 1.83 bits per heavy atom. The third-order valence-corrected chi connectivity index (χ3v) is 4.65. The van der Waals surface area contributed by atoms with Gasteiger partial charge < -0.3 is 9.64 Å². The second-order valence-electron chi connectivity index (χ2n) is 6.96. The quantitative estimate of drug-likeness (QED) is 0.494. The van der Waals surface area contributed by atoms with Gasteiger partial charge in [-0.2, -0.15) is 4.80 Å². The second kappa shape index (κ2) is 10.4. The summed E-state index contributed by atoms with van der Waals surface area (Å²) in [5.41, 5.74) is 2.05. The van der Waals surface area contributed by atoms with E-state index in [1.165, 1.54) is 0 Å². The highest BCUT2D eigenvalue weighted by Gasteiger charge is 2.10. The van der Waals surface area contributed by atoms with Crippen LogP contribution in [0.5, 0.6) is 5.75 Å². The fourth-order valence-electron chi connectivity index (χ4n) is 2.93. The minimum atomic E-state index is 0.115. The smallest absolute Gasteiger partial charge is 0.222 e. The van der Waals surface area contributed by atoms with Gasteiger partial charge in [0, 0.05) is 25.6 Å². The lowest BCUT2D eigenvalue weighted by Gasteiger charge is -2.17. The van der Waals surface area contributed by atoms with Crippen molar-refractivity contribution in [3.63, 3.8) is 0 Å². The summed E-state index contributed by atoms with van der Waals surface area (Å²) in [6.07, 6.45) is 1.92. The number of para-hydroxylation sites is 1. The Morgan fingerprint density at radius 1 is 1.07 bits per heavy atom. The van der Waals surface area contributed by atoms with Crippen LogP contribution in [-0.4, -0.2) is 51.2 Å². The zero-order valence-electron chi connectivity index (χ0n) is 17.0. The number of rotatable bonds is 10. The zero-order chi connectivity index (χ0) is 20.5. The molecular formula is C22H27N5O2. The van der Waals surface area contributed by atoms with Crippen molar-refractivity contribution in [2.24, 2.45) is 0 Å². The number of carbonyl (C=O) groups excluding carboxylic acids is 1. The summed E-state index contributed by atoms with van der Waals surface area (Å²) in [6.45, 7) is 3.85. The fourth-order valence-corrected chi connectivity index (χ4v) is 2.93. The summed E-state index contributed by atoms with van der Waals surface area (Å²) >= 11 is 0. The molecule has 0 fully saturated rings. The molecule has 29 heavy (non-hydrogen) atoms. The van der Waals surface area contributed by atoms with E-state index in [1.807, 2.05) is 68.6 Å². The van der Waals surface area contributed by atoms with Crippen LogP contribution in [0.15, 0.2) is 54.6 Å². The Bertz CT molecular complexity index is 910. The van der Waals surface area contributed by atoms with E-state index in [1.54, 1.807) is 9.70 Å². The first kappa shape index (κ1) is 20.5. The van der Waals surface area contributed by atoms with Gasteiger partial charge in [0.05, 0.1) is 13.2 Å². The Kier molecular flexibility index (Phi) is 7.33. The number of carbonyl (C=O) groups is 1. The molecule has 1 heterocycles. The average Bonchev–Trinajstić information content (AvgIpc) is 3.22. The zero-order valence-corrected chi connectivity index (χ0v) is 17.0. The molecule has 0 aliphatic heterocycles. The minimum Gasteiger partial charge on any atom is -0.493 e. The van der Waals surface area contributed by atoms with Crippen molar-refractivity contribution in [3.05, 3.63) is 60.2 Å². The maximum Gasteiger partial charge on any atom is 0.222 e. The number of hydrogen-bond acceptors (Lipinski definition) is 5. The highest BCUT2D eigenvalue weighted by Crippen LogP contribution is 2.16. The highest BCUT2D eigenvalue weighted by molar-refractivity contribution is 5.75. The lowest BCUT2D eigenvalue weighted by atomic mass is 10.2. The van der Waals surface area contributed by atoms with Crippen LogP contribution in [0.3, 0.4) is 0 Å². The summed E-state index contributed by atoms with van der Waals surface area (Å²) < 4.78 is 5.78. The monoisotopic (exact) mass is 393 g/mol. The van der Waals surface area contributed by atoms with E-state index in [9.17, 15) is 4.79 Å². The van der Waals surface area contributed by atoms with E-state index in [0.29, 0.717) is 38.4 Å². The Balaban J connectivity index is 1.34. The highest BCUT2D eigenvalue weighted by atomic mass is 16.5. The largest absolute Gasteiger partial charge is 0.493 e. The van der Waals surface area contributed by atoms with Gasteiger partial charge in [-0.3, -0.25) is 4.79 Å². The van der Waals surface area contributed by atoms with Crippen molar-refractivity contribution in [2.45, 2.75) is 32.7 Å². The van der Waals surface area contributed by atoms with Gasteiger partial charge in [0.25, 0.3) is 0 Å². The van der Waals surface area contributed by atoms with E-state index >= 15 is 0 Å². The molecule has 0 aliphatic carbocycles. The number of aromatic nitrogens is 4.